The number of carbonyl (C=O) groups is 1. The molecule has 0 unspecified atom stereocenters. The van der Waals surface area contributed by atoms with Gasteiger partial charge in [0.2, 0.25) is 5.91 Å². The number of methoxy groups -OCH3 is 2. The van der Waals surface area contributed by atoms with E-state index in [4.69, 9.17) is 15.2 Å². The molecule has 1 fully saturated rings. The van der Waals surface area contributed by atoms with Gasteiger partial charge in [-0.25, -0.2) is 0 Å². The van der Waals surface area contributed by atoms with Crippen molar-refractivity contribution in [2.45, 2.75) is 18.9 Å². The molecule has 0 bridgehead atoms. The van der Waals surface area contributed by atoms with Crippen LogP contribution in [0.4, 0.5) is 0 Å². The van der Waals surface area contributed by atoms with E-state index in [1.807, 2.05) is 23.1 Å². The minimum absolute atomic E-state index is 0. The number of hydrogen-bond acceptors (Lipinski definition) is 4. The minimum atomic E-state index is 0. The summed E-state index contributed by atoms with van der Waals surface area (Å²) in [5, 5.41) is 0. The molecule has 112 valence electrons. The predicted octanol–water partition coefficient (Wildman–Crippen LogP) is 1.23. The van der Waals surface area contributed by atoms with Crippen LogP contribution in [0.3, 0.4) is 0 Å². The number of halogens is 1. The number of hydrogen-bond donors (Lipinski definition) is 1. The highest BCUT2D eigenvalue weighted by molar-refractivity contribution is 5.85. The van der Waals surface area contributed by atoms with Gasteiger partial charge < -0.3 is 20.1 Å². The zero-order valence-corrected chi connectivity index (χ0v) is 12.6. The maximum absolute atomic E-state index is 12.1. The summed E-state index contributed by atoms with van der Waals surface area (Å²) in [6.45, 7) is 1.42. The lowest BCUT2D eigenvalue weighted by Gasteiger charge is -2.16. The molecule has 0 aliphatic carbocycles. The van der Waals surface area contributed by atoms with Crippen LogP contribution in [0.1, 0.15) is 12.0 Å². The van der Waals surface area contributed by atoms with Crippen molar-refractivity contribution < 1.29 is 14.3 Å². The number of amides is 1. The minimum Gasteiger partial charge on any atom is -0.493 e. The highest BCUT2D eigenvalue weighted by Gasteiger charge is 2.23. The van der Waals surface area contributed by atoms with E-state index in [1.165, 1.54) is 0 Å². The molecule has 1 aromatic carbocycles. The standard InChI is InChI=1S/C14H20N2O3.ClH/c1-18-12-4-3-10(7-13(12)19-2)8-14(17)16-6-5-11(15)9-16;/h3-4,7,11H,5-6,8-9,15H2,1-2H3;1H/t11-;/m0./s1. The number of carbonyl (C=O) groups excluding carboxylic acids is 1. The van der Waals surface area contributed by atoms with Gasteiger partial charge in [0.25, 0.3) is 0 Å². The van der Waals surface area contributed by atoms with E-state index in [2.05, 4.69) is 0 Å². The third-order valence-electron chi connectivity index (χ3n) is 3.38. The van der Waals surface area contributed by atoms with Gasteiger partial charge in [-0.2, -0.15) is 0 Å². The molecule has 0 radical (unpaired) electrons. The first kappa shape index (κ1) is 16.6. The second-order valence-corrected chi connectivity index (χ2v) is 4.75. The quantitative estimate of drug-likeness (QED) is 0.908. The Labute approximate surface area is 125 Å². The topological polar surface area (TPSA) is 64.8 Å². The Balaban J connectivity index is 0.00000200. The largest absolute Gasteiger partial charge is 0.493 e. The van der Waals surface area contributed by atoms with E-state index in [1.54, 1.807) is 14.2 Å². The number of benzene rings is 1. The lowest BCUT2D eigenvalue weighted by Crippen LogP contribution is -2.32. The Morgan fingerprint density at radius 1 is 1.35 bits per heavy atom. The van der Waals surface area contributed by atoms with Crippen LogP contribution in [-0.2, 0) is 11.2 Å². The first-order chi connectivity index (χ1) is 9.13. The lowest BCUT2D eigenvalue weighted by molar-refractivity contribution is -0.129. The molecule has 20 heavy (non-hydrogen) atoms. The van der Waals surface area contributed by atoms with Crippen molar-refractivity contribution in [3.8, 4) is 11.5 Å². The molecule has 1 amide bonds. The fraction of sp³-hybridized carbons (Fsp3) is 0.500. The molecule has 1 heterocycles. The van der Waals surface area contributed by atoms with Gasteiger partial charge in [0.1, 0.15) is 0 Å². The first-order valence-electron chi connectivity index (χ1n) is 6.38. The zero-order chi connectivity index (χ0) is 13.8. The summed E-state index contributed by atoms with van der Waals surface area (Å²) in [5.74, 6) is 1.42. The molecular weight excluding hydrogens is 280 g/mol. The number of likely N-dealkylation sites (tertiary alicyclic amines) is 1. The van der Waals surface area contributed by atoms with Crippen molar-refractivity contribution in [2.75, 3.05) is 27.3 Å². The Bertz CT molecular complexity index is 468. The normalized spacial score (nSPS) is 17.6. The summed E-state index contributed by atoms with van der Waals surface area (Å²) >= 11 is 0. The third-order valence-corrected chi connectivity index (χ3v) is 3.38. The molecule has 0 spiro atoms. The predicted molar refractivity (Wildman–Crippen MR) is 79.7 cm³/mol. The van der Waals surface area contributed by atoms with Crippen molar-refractivity contribution in [2.24, 2.45) is 5.73 Å². The van der Waals surface area contributed by atoms with Crippen LogP contribution in [0.15, 0.2) is 18.2 Å². The van der Waals surface area contributed by atoms with Crippen LogP contribution in [-0.4, -0.2) is 44.2 Å². The number of ether oxygens (including phenoxy) is 2. The summed E-state index contributed by atoms with van der Waals surface area (Å²) in [5.41, 5.74) is 6.73. The second-order valence-electron chi connectivity index (χ2n) is 4.75. The fourth-order valence-electron chi connectivity index (χ4n) is 2.29. The first-order valence-corrected chi connectivity index (χ1v) is 6.38. The summed E-state index contributed by atoms with van der Waals surface area (Å²) in [7, 11) is 3.18. The Morgan fingerprint density at radius 3 is 2.60 bits per heavy atom. The molecule has 1 atom stereocenters. The molecule has 6 heteroatoms. The van der Waals surface area contributed by atoms with Gasteiger partial charge in [-0.05, 0) is 24.1 Å². The van der Waals surface area contributed by atoms with Crippen molar-refractivity contribution >= 4 is 18.3 Å². The molecule has 1 aromatic rings. The monoisotopic (exact) mass is 300 g/mol. The van der Waals surface area contributed by atoms with E-state index in [-0.39, 0.29) is 24.4 Å². The summed E-state index contributed by atoms with van der Waals surface area (Å²) in [4.78, 5) is 13.9. The number of rotatable bonds is 4. The van der Waals surface area contributed by atoms with Crippen LogP contribution < -0.4 is 15.2 Å². The van der Waals surface area contributed by atoms with Gasteiger partial charge in [0.05, 0.1) is 20.6 Å². The summed E-state index contributed by atoms with van der Waals surface area (Å²) in [6.07, 6.45) is 1.25. The average molecular weight is 301 g/mol. The smallest absolute Gasteiger partial charge is 0.227 e. The highest BCUT2D eigenvalue weighted by atomic mass is 35.5. The zero-order valence-electron chi connectivity index (χ0n) is 11.8. The lowest BCUT2D eigenvalue weighted by atomic mass is 10.1. The third kappa shape index (κ3) is 3.77. The Kier molecular flexibility index (Phi) is 6.10. The van der Waals surface area contributed by atoms with E-state index >= 15 is 0 Å². The number of nitrogens with two attached hydrogens (primary N) is 1. The Hall–Kier alpha value is -1.46. The maximum atomic E-state index is 12.1. The van der Waals surface area contributed by atoms with Gasteiger partial charge >= 0.3 is 0 Å². The highest BCUT2D eigenvalue weighted by Crippen LogP contribution is 2.28. The van der Waals surface area contributed by atoms with E-state index in [9.17, 15) is 4.79 Å². The molecule has 1 aliphatic heterocycles. The number of nitrogens with zero attached hydrogens (tertiary/aromatic N) is 1. The fourth-order valence-corrected chi connectivity index (χ4v) is 2.29. The van der Waals surface area contributed by atoms with Crippen LogP contribution >= 0.6 is 12.4 Å². The van der Waals surface area contributed by atoms with Crippen LogP contribution in [0, 0.1) is 0 Å². The van der Waals surface area contributed by atoms with E-state index < -0.39 is 0 Å². The molecule has 0 aromatic heterocycles. The molecule has 1 aliphatic rings. The van der Waals surface area contributed by atoms with Crippen molar-refractivity contribution in [3.63, 3.8) is 0 Å². The molecule has 5 nitrogen and oxygen atoms in total. The Morgan fingerprint density at radius 2 is 2.05 bits per heavy atom. The molecule has 0 saturated carbocycles. The van der Waals surface area contributed by atoms with Gasteiger partial charge in [0, 0.05) is 19.1 Å². The molecule has 2 N–H and O–H groups in total. The van der Waals surface area contributed by atoms with Gasteiger partial charge in [-0.3, -0.25) is 4.79 Å². The van der Waals surface area contributed by atoms with Gasteiger partial charge in [-0.1, -0.05) is 6.07 Å². The maximum Gasteiger partial charge on any atom is 0.227 e. The molecule has 1 saturated heterocycles. The van der Waals surface area contributed by atoms with Crippen molar-refractivity contribution in [1.29, 1.82) is 0 Å². The van der Waals surface area contributed by atoms with E-state index in [0.29, 0.717) is 24.5 Å². The van der Waals surface area contributed by atoms with E-state index in [0.717, 1.165) is 18.5 Å². The summed E-state index contributed by atoms with van der Waals surface area (Å²) < 4.78 is 10.4. The average Bonchev–Trinajstić information content (AvgIpc) is 2.85. The van der Waals surface area contributed by atoms with Crippen LogP contribution in [0.25, 0.3) is 0 Å². The van der Waals surface area contributed by atoms with Gasteiger partial charge in [0.15, 0.2) is 11.5 Å². The molecule has 2 rings (SSSR count). The van der Waals surface area contributed by atoms with Gasteiger partial charge in [-0.15, -0.1) is 12.4 Å². The van der Waals surface area contributed by atoms with Crippen LogP contribution in [0.2, 0.25) is 0 Å². The SMILES string of the molecule is COc1ccc(CC(=O)N2CC[C@H](N)C2)cc1OC.Cl. The van der Waals surface area contributed by atoms with Crippen molar-refractivity contribution in [1.82, 2.24) is 4.90 Å². The molecular formula is C14H21ClN2O3. The van der Waals surface area contributed by atoms with Crippen molar-refractivity contribution in [3.05, 3.63) is 23.8 Å². The van der Waals surface area contributed by atoms with Crippen LogP contribution in [0.5, 0.6) is 11.5 Å². The summed E-state index contributed by atoms with van der Waals surface area (Å²) in [6, 6.07) is 5.66. The second kappa shape index (κ2) is 7.36.